The van der Waals surface area contributed by atoms with E-state index < -0.39 is 0 Å². The number of carbonyl (C=O) groups is 1. The number of hydrogen-bond acceptors (Lipinski definition) is 2. The van der Waals surface area contributed by atoms with E-state index in [0.29, 0.717) is 18.0 Å². The molecular weight excluding hydrogens is 346 g/mol. The third-order valence-electron chi connectivity index (χ3n) is 4.43. The summed E-state index contributed by atoms with van der Waals surface area (Å²) in [5.41, 5.74) is 2.13. The average Bonchev–Trinajstić information content (AvgIpc) is 3.13. The van der Waals surface area contributed by atoms with Gasteiger partial charge in [0, 0.05) is 36.3 Å². The quantitative estimate of drug-likeness (QED) is 0.673. The third kappa shape index (κ3) is 4.52. The molecule has 3 rings (SSSR count). The van der Waals surface area contributed by atoms with E-state index in [-0.39, 0.29) is 11.8 Å². The number of hydrogen-bond donors (Lipinski definition) is 1. The van der Waals surface area contributed by atoms with Crippen LogP contribution in [0.2, 0.25) is 5.02 Å². The van der Waals surface area contributed by atoms with Gasteiger partial charge in [0.25, 0.3) is 0 Å². The summed E-state index contributed by atoms with van der Waals surface area (Å²) in [7, 11) is 0. The number of aromatic nitrogens is 2. The van der Waals surface area contributed by atoms with Gasteiger partial charge < -0.3 is 9.88 Å². The van der Waals surface area contributed by atoms with Gasteiger partial charge in [-0.05, 0) is 30.2 Å². The normalized spacial score (nSPS) is 11.9. The monoisotopic (exact) mass is 367 g/mol. The molecule has 1 atom stereocenters. The second-order valence-electron chi connectivity index (χ2n) is 6.13. The number of aryl methyl sites for hydroxylation is 1. The van der Waals surface area contributed by atoms with Crippen LogP contribution in [0, 0.1) is 0 Å². The van der Waals surface area contributed by atoms with Gasteiger partial charge in [0.2, 0.25) is 5.91 Å². The van der Waals surface area contributed by atoms with Crippen LogP contribution in [-0.4, -0.2) is 15.5 Å². The molecule has 1 heterocycles. The minimum absolute atomic E-state index is 0.00974. The summed E-state index contributed by atoms with van der Waals surface area (Å²) in [4.78, 5) is 16.9. The largest absolute Gasteiger partial charge is 0.349 e. The Balaban J connectivity index is 1.74. The van der Waals surface area contributed by atoms with Crippen molar-refractivity contribution in [1.82, 2.24) is 14.9 Å². The van der Waals surface area contributed by atoms with Gasteiger partial charge in [-0.2, -0.15) is 0 Å². The summed E-state index contributed by atoms with van der Waals surface area (Å²) in [6.45, 7) is 3.31. The third-order valence-corrected chi connectivity index (χ3v) is 4.66. The number of rotatable bonds is 7. The molecular formula is C21H22ClN3O. The first kappa shape index (κ1) is 18.2. The number of halogens is 1. The summed E-state index contributed by atoms with van der Waals surface area (Å²) < 4.78 is 2.02. The van der Waals surface area contributed by atoms with Crippen LogP contribution in [0.15, 0.2) is 67.0 Å². The van der Waals surface area contributed by atoms with Gasteiger partial charge in [0.15, 0.2) is 0 Å². The maximum absolute atomic E-state index is 12.6. The van der Waals surface area contributed by atoms with E-state index in [1.54, 1.807) is 6.20 Å². The fraction of sp³-hybridized carbons (Fsp3) is 0.238. The van der Waals surface area contributed by atoms with Crippen molar-refractivity contribution in [2.75, 3.05) is 0 Å². The predicted molar refractivity (Wildman–Crippen MR) is 104 cm³/mol. The van der Waals surface area contributed by atoms with Crippen LogP contribution in [0.3, 0.4) is 0 Å². The van der Waals surface area contributed by atoms with Crippen LogP contribution >= 0.6 is 11.6 Å². The van der Waals surface area contributed by atoms with Crippen molar-refractivity contribution in [3.63, 3.8) is 0 Å². The van der Waals surface area contributed by atoms with Crippen molar-refractivity contribution >= 4 is 17.5 Å². The standard InChI is InChI=1S/C21H22ClN3O/c1-2-25-12-11-23-20(25)15-24-21(26)14-19(16-7-4-3-5-8-16)17-9-6-10-18(22)13-17/h3-13,19H,2,14-15H2,1H3,(H,24,26)/t19-/m0/s1. The molecule has 26 heavy (non-hydrogen) atoms. The molecule has 0 fully saturated rings. The highest BCUT2D eigenvalue weighted by Gasteiger charge is 2.18. The molecule has 4 nitrogen and oxygen atoms in total. The topological polar surface area (TPSA) is 46.9 Å². The fourth-order valence-corrected chi connectivity index (χ4v) is 3.27. The van der Waals surface area contributed by atoms with Gasteiger partial charge in [-0.3, -0.25) is 4.79 Å². The molecule has 0 aliphatic heterocycles. The van der Waals surface area contributed by atoms with Crippen molar-refractivity contribution in [3.8, 4) is 0 Å². The number of nitrogens with zero attached hydrogens (tertiary/aromatic N) is 2. The Bertz CT molecular complexity index is 860. The van der Waals surface area contributed by atoms with E-state index in [0.717, 1.165) is 23.5 Å². The van der Waals surface area contributed by atoms with Gasteiger partial charge in [0.1, 0.15) is 5.82 Å². The van der Waals surface area contributed by atoms with E-state index in [2.05, 4.69) is 17.2 Å². The van der Waals surface area contributed by atoms with Crippen molar-refractivity contribution in [2.24, 2.45) is 0 Å². The van der Waals surface area contributed by atoms with Gasteiger partial charge in [-0.1, -0.05) is 54.1 Å². The minimum atomic E-state index is -0.0409. The molecule has 0 aliphatic rings. The number of nitrogens with one attached hydrogen (secondary N) is 1. The Labute approximate surface area is 158 Å². The van der Waals surface area contributed by atoms with E-state index in [4.69, 9.17) is 11.6 Å². The lowest BCUT2D eigenvalue weighted by molar-refractivity contribution is -0.121. The molecule has 134 valence electrons. The van der Waals surface area contributed by atoms with E-state index in [1.807, 2.05) is 65.4 Å². The van der Waals surface area contributed by atoms with Crippen LogP contribution in [0.1, 0.15) is 36.2 Å². The lowest BCUT2D eigenvalue weighted by atomic mass is 9.88. The van der Waals surface area contributed by atoms with Crippen molar-refractivity contribution < 1.29 is 4.79 Å². The van der Waals surface area contributed by atoms with Crippen molar-refractivity contribution in [1.29, 1.82) is 0 Å². The van der Waals surface area contributed by atoms with Gasteiger partial charge in [-0.15, -0.1) is 0 Å². The number of amides is 1. The molecule has 1 N–H and O–H groups in total. The van der Waals surface area contributed by atoms with Crippen LogP contribution in [-0.2, 0) is 17.9 Å². The van der Waals surface area contributed by atoms with Crippen LogP contribution in [0.4, 0.5) is 0 Å². The molecule has 1 amide bonds. The summed E-state index contributed by atoms with van der Waals surface area (Å²) >= 11 is 6.16. The number of imidazole rings is 1. The molecule has 0 saturated carbocycles. The Morgan fingerprint density at radius 2 is 1.92 bits per heavy atom. The summed E-state index contributed by atoms with van der Waals surface area (Å²) in [6.07, 6.45) is 4.03. The highest BCUT2D eigenvalue weighted by atomic mass is 35.5. The number of benzene rings is 2. The molecule has 1 aromatic heterocycles. The summed E-state index contributed by atoms with van der Waals surface area (Å²) in [5, 5.41) is 3.66. The average molecular weight is 368 g/mol. The zero-order valence-corrected chi connectivity index (χ0v) is 15.5. The lowest BCUT2D eigenvalue weighted by Crippen LogP contribution is -2.26. The predicted octanol–water partition coefficient (Wildman–Crippen LogP) is 4.39. The highest BCUT2D eigenvalue weighted by Crippen LogP contribution is 2.29. The fourth-order valence-electron chi connectivity index (χ4n) is 3.07. The molecule has 3 aromatic rings. The Morgan fingerprint density at radius 3 is 2.65 bits per heavy atom. The molecule has 0 unspecified atom stereocenters. The molecule has 0 aliphatic carbocycles. The molecule has 0 spiro atoms. The molecule has 0 radical (unpaired) electrons. The van der Waals surface area contributed by atoms with Crippen molar-refractivity contribution in [3.05, 3.63) is 89.0 Å². The van der Waals surface area contributed by atoms with Crippen molar-refractivity contribution in [2.45, 2.75) is 32.4 Å². The van der Waals surface area contributed by atoms with Crippen LogP contribution in [0.25, 0.3) is 0 Å². The molecule has 5 heteroatoms. The number of carbonyl (C=O) groups excluding carboxylic acids is 1. The van der Waals surface area contributed by atoms with Gasteiger partial charge in [0.05, 0.1) is 6.54 Å². The molecule has 0 saturated heterocycles. The zero-order valence-electron chi connectivity index (χ0n) is 14.7. The lowest BCUT2D eigenvalue weighted by Gasteiger charge is -2.18. The Hall–Kier alpha value is -2.59. The van der Waals surface area contributed by atoms with Gasteiger partial charge in [-0.25, -0.2) is 4.98 Å². The SMILES string of the molecule is CCn1ccnc1CNC(=O)C[C@@H](c1ccccc1)c1cccc(Cl)c1. The first-order chi connectivity index (χ1) is 12.7. The summed E-state index contributed by atoms with van der Waals surface area (Å²) in [6, 6.07) is 17.7. The van der Waals surface area contributed by atoms with Crippen LogP contribution in [0.5, 0.6) is 0 Å². The first-order valence-electron chi connectivity index (χ1n) is 8.74. The first-order valence-corrected chi connectivity index (χ1v) is 9.12. The van der Waals surface area contributed by atoms with E-state index in [9.17, 15) is 4.79 Å². The second kappa shape index (κ2) is 8.68. The maximum atomic E-state index is 12.6. The second-order valence-corrected chi connectivity index (χ2v) is 6.57. The molecule has 2 aromatic carbocycles. The summed E-state index contributed by atoms with van der Waals surface area (Å²) in [5.74, 6) is 0.810. The Morgan fingerprint density at radius 1 is 1.15 bits per heavy atom. The smallest absolute Gasteiger partial charge is 0.221 e. The van der Waals surface area contributed by atoms with E-state index >= 15 is 0 Å². The van der Waals surface area contributed by atoms with E-state index in [1.165, 1.54) is 0 Å². The van der Waals surface area contributed by atoms with Crippen LogP contribution < -0.4 is 5.32 Å². The Kier molecular flexibility index (Phi) is 6.08. The minimum Gasteiger partial charge on any atom is -0.349 e. The highest BCUT2D eigenvalue weighted by molar-refractivity contribution is 6.30. The molecule has 0 bridgehead atoms. The maximum Gasteiger partial charge on any atom is 0.221 e. The zero-order chi connectivity index (χ0) is 18.4. The van der Waals surface area contributed by atoms with Gasteiger partial charge >= 0.3 is 0 Å².